The Morgan fingerprint density at radius 1 is 1.05 bits per heavy atom. The van der Waals surface area contributed by atoms with E-state index < -0.39 is 0 Å². The summed E-state index contributed by atoms with van der Waals surface area (Å²) >= 11 is 0. The highest BCUT2D eigenvalue weighted by Crippen LogP contribution is 2.36. The zero-order valence-electron chi connectivity index (χ0n) is 12.1. The molecule has 2 atom stereocenters. The molecule has 2 saturated heterocycles. The molecule has 21 heavy (non-hydrogen) atoms. The highest BCUT2D eigenvalue weighted by Gasteiger charge is 2.41. The van der Waals surface area contributed by atoms with Gasteiger partial charge in [0.1, 0.15) is 13.2 Å². The van der Waals surface area contributed by atoms with E-state index in [-0.39, 0.29) is 5.60 Å². The summed E-state index contributed by atoms with van der Waals surface area (Å²) in [5.74, 6) is 1.66. The molecule has 1 spiro atoms. The van der Waals surface area contributed by atoms with Crippen molar-refractivity contribution in [2.45, 2.75) is 30.9 Å². The van der Waals surface area contributed by atoms with Gasteiger partial charge in [0, 0.05) is 37.4 Å². The summed E-state index contributed by atoms with van der Waals surface area (Å²) in [4.78, 5) is 0. The van der Waals surface area contributed by atoms with Crippen molar-refractivity contribution >= 4 is 5.69 Å². The van der Waals surface area contributed by atoms with Crippen LogP contribution in [0.2, 0.25) is 0 Å². The van der Waals surface area contributed by atoms with E-state index in [1.807, 2.05) is 12.1 Å². The molecule has 2 unspecified atom stereocenters. The number of nitrogens with one attached hydrogen (secondary N) is 1. The Morgan fingerprint density at radius 2 is 1.95 bits per heavy atom. The molecule has 4 rings (SSSR count). The van der Waals surface area contributed by atoms with E-state index in [1.165, 1.54) is 0 Å². The lowest BCUT2D eigenvalue weighted by atomic mass is 9.89. The van der Waals surface area contributed by atoms with Crippen LogP contribution in [0.15, 0.2) is 18.2 Å². The first-order valence-corrected chi connectivity index (χ1v) is 7.71. The van der Waals surface area contributed by atoms with E-state index in [9.17, 15) is 0 Å². The van der Waals surface area contributed by atoms with Crippen LogP contribution in [0.4, 0.5) is 5.69 Å². The molecule has 0 saturated carbocycles. The quantitative estimate of drug-likeness (QED) is 0.905. The number of rotatable bonds is 2. The fourth-order valence-corrected chi connectivity index (χ4v) is 3.38. The average molecular weight is 291 g/mol. The number of hydrogen-bond donors (Lipinski definition) is 1. The van der Waals surface area contributed by atoms with Gasteiger partial charge in [0.15, 0.2) is 11.5 Å². The fourth-order valence-electron chi connectivity index (χ4n) is 3.38. The Bertz CT molecular complexity index is 513. The fraction of sp³-hybridized carbons (Fsp3) is 0.625. The highest BCUT2D eigenvalue weighted by atomic mass is 16.6. The number of anilines is 1. The number of ether oxygens (including phenoxy) is 4. The minimum Gasteiger partial charge on any atom is -0.486 e. The molecule has 5 heteroatoms. The van der Waals surface area contributed by atoms with Crippen molar-refractivity contribution in [3.05, 3.63) is 18.2 Å². The lowest BCUT2D eigenvalue weighted by molar-refractivity contribution is -0.0828. The van der Waals surface area contributed by atoms with Crippen LogP contribution >= 0.6 is 0 Å². The van der Waals surface area contributed by atoms with E-state index in [4.69, 9.17) is 18.9 Å². The van der Waals surface area contributed by atoms with Crippen molar-refractivity contribution in [2.24, 2.45) is 0 Å². The SMILES string of the molecule is c1cc2c(cc1NC1CCOC3(CCOC3)C1)OCCO2. The summed E-state index contributed by atoms with van der Waals surface area (Å²) in [6.45, 7) is 3.59. The van der Waals surface area contributed by atoms with Crippen molar-refractivity contribution in [3.8, 4) is 11.5 Å². The first-order valence-electron chi connectivity index (χ1n) is 7.71. The standard InChI is InChI=1S/C16H21NO4/c1-2-14-15(20-8-7-19-14)9-12(1)17-13-3-5-21-16(10-13)4-6-18-11-16/h1-2,9,13,17H,3-8,10-11H2. The molecule has 2 fully saturated rings. The highest BCUT2D eigenvalue weighted by molar-refractivity contribution is 5.55. The third-order valence-corrected chi connectivity index (χ3v) is 4.47. The second kappa shape index (κ2) is 5.39. The largest absolute Gasteiger partial charge is 0.486 e. The Hall–Kier alpha value is -1.46. The minimum atomic E-state index is -0.0657. The normalized spacial score (nSPS) is 31.3. The molecule has 1 aromatic rings. The van der Waals surface area contributed by atoms with Crippen LogP contribution in [-0.2, 0) is 9.47 Å². The van der Waals surface area contributed by atoms with Gasteiger partial charge in [-0.3, -0.25) is 0 Å². The van der Waals surface area contributed by atoms with Crippen LogP contribution in [0.5, 0.6) is 11.5 Å². The van der Waals surface area contributed by atoms with E-state index in [2.05, 4.69) is 11.4 Å². The number of fused-ring (bicyclic) bond motifs is 1. The summed E-state index contributed by atoms with van der Waals surface area (Å²) in [7, 11) is 0. The van der Waals surface area contributed by atoms with Gasteiger partial charge in [0.25, 0.3) is 0 Å². The molecule has 0 amide bonds. The molecule has 0 bridgehead atoms. The Labute approximate surface area is 124 Å². The summed E-state index contributed by atoms with van der Waals surface area (Å²) in [5.41, 5.74) is 1.02. The molecule has 5 nitrogen and oxygen atoms in total. The maximum Gasteiger partial charge on any atom is 0.163 e. The maximum absolute atomic E-state index is 5.98. The topological polar surface area (TPSA) is 49.0 Å². The maximum atomic E-state index is 5.98. The van der Waals surface area contributed by atoms with Crippen molar-refractivity contribution in [1.82, 2.24) is 0 Å². The lowest BCUT2D eigenvalue weighted by Crippen LogP contribution is -2.44. The first kappa shape index (κ1) is 13.2. The third-order valence-electron chi connectivity index (χ3n) is 4.47. The van der Waals surface area contributed by atoms with E-state index in [1.54, 1.807) is 0 Å². The van der Waals surface area contributed by atoms with Crippen LogP contribution < -0.4 is 14.8 Å². The van der Waals surface area contributed by atoms with Gasteiger partial charge in [-0.1, -0.05) is 0 Å². The summed E-state index contributed by atoms with van der Waals surface area (Å²) in [5, 5.41) is 3.61. The molecule has 0 radical (unpaired) electrons. The molecule has 114 valence electrons. The van der Waals surface area contributed by atoms with Gasteiger partial charge in [0.05, 0.1) is 12.2 Å². The van der Waals surface area contributed by atoms with Crippen LogP contribution in [-0.4, -0.2) is 44.7 Å². The second-order valence-corrected chi connectivity index (χ2v) is 6.03. The number of benzene rings is 1. The van der Waals surface area contributed by atoms with Gasteiger partial charge in [-0.25, -0.2) is 0 Å². The van der Waals surface area contributed by atoms with Gasteiger partial charge in [-0.15, -0.1) is 0 Å². The van der Waals surface area contributed by atoms with Crippen molar-refractivity contribution < 1.29 is 18.9 Å². The van der Waals surface area contributed by atoms with E-state index in [0.717, 1.165) is 56.3 Å². The average Bonchev–Trinajstić information content (AvgIpc) is 2.95. The monoisotopic (exact) mass is 291 g/mol. The second-order valence-electron chi connectivity index (χ2n) is 6.03. The van der Waals surface area contributed by atoms with Gasteiger partial charge in [0.2, 0.25) is 0 Å². The van der Waals surface area contributed by atoms with Gasteiger partial charge in [-0.2, -0.15) is 0 Å². The smallest absolute Gasteiger partial charge is 0.163 e. The summed E-state index contributed by atoms with van der Waals surface area (Å²) in [6.07, 6.45) is 3.03. The molecule has 1 N–H and O–H groups in total. The lowest BCUT2D eigenvalue weighted by Gasteiger charge is -2.37. The minimum absolute atomic E-state index is 0.0657. The zero-order chi connectivity index (χ0) is 14.1. The predicted octanol–water partition coefficient (Wildman–Crippen LogP) is 2.21. The summed E-state index contributed by atoms with van der Waals surface area (Å²) in [6, 6.07) is 6.48. The molecule has 0 aromatic heterocycles. The Balaban J connectivity index is 1.45. The molecule has 0 aliphatic carbocycles. The molecule has 3 heterocycles. The summed E-state index contributed by atoms with van der Waals surface area (Å²) < 4.78 is 22.7. The molecular weight excluding hydrogens is 270 g/mol. The number of hydrogen-bond acceptors (Lipinski definition) is 5. The van der Waals surface area contributed by atoms with Gasteiger partial charge < -0.3 is 24.3 Å². The third kappa shape index (κ3) is 2.68. The molecule has 3 aliphatic heterocycles. The van der Waals surface area contributed by atoms with Crippen molar-refractivity contribution in [3.63, 3.8) is 0 Å². The van der Waals surface area contributed by atoms with Crippen molar-refractivity contribution in [2.75, 3.05) is 38.4 Å². The van der Waals surface area contributed by atoms with Gasteiger partial charge in [-0.05, 0) is 25.0 Å². The molecule has 3 aliphatic rings. The Morgan fingerprint density at radius 3 is 2.81 bits per heavy atom. The van der Waals surface area contributed by atoms with E-state index in [0.29, 0.717) is 19.3 Å². The predicted molar refractivity (Wildman–Crippen MR) is 78.2 cm³/mol. The first-order chi connectivity index (χ1) is 10.3. The Kier molecular flexibility index (Phi) is 3.39. The zero-order valence-corrected chi connectivity index (χ0v) is 12.1. The van der Waals surface area contributed by atoms with Crippen LogP contribution in [0.25, 0.3) is 0 Å². The molecular formula is C16H21NO4. The molecule has 1 aromatic carbocycles. The van der Waals surface area contributed by atoms with Crippen LogP contribution in [0.3, 0.4) is 0 Å². The van der Waals surface area contributed by atoms with Crippen LogP contribution in [0.1, 0.15) is 19.3 Å². The van der Waals surface area contributed by atoms with Gasteiger partial charge >= 0.3 is 0 Å². The van der Waals surface area contributed by atoms with Crippen LogP contribution in [0, 0.1) is 0 Å². The van der Waals surface area contributed by atoms with Crippen molar-refractivity contribution in [1.29, 1.82) is 0 Å². The van der Waals surface area contributed by atoms with E-state index >= 15 is 0 Å².